The molecule has 2 aliphatic heterocycles. The molecular weight excluding hydrogens is 419 g/mol. The number of nitrogens with zero attached hydrogens (tertiary/aromatic N) is 5. The Labute approximate surface area is 191 Å². The van der Waals surface area contributed by atoms with E-state index in [0.29, 0.717) is 24.6 Å². The summed E-state index contributed by atoms with van der Waals surface area (Å²) in [7, 11) is 0. The van der Waals surface area contributed by atoms with Crippen molar-refractivity contribution < 1.29 is 9.13 Å². The summed E-state index contributed by atoms with van der Waals surface area (Å²) < 4.78 is 20.6. The molecule has 8 heteroatoms. The Morgan fingerprint density at radius 1 is 0.909 bits per heavy atom. The highest BCUT2D eigenvalue weighted by Gasteiger charge is 2.22. The number of fused-ring (bicyclic) bond motifs is 2. The van der Waals surface area contributed by atoms with Crippen LogP contribution in [0.25, 0.3) is 33.3 Å². The molecule has 6 rings (SSSR count). The first kappa shape index (κ1) is 20.5. The Kier molecular flexibility index (Phi) is 5.39. The second-order valence-electron chi connectivity index (χ2n) is 8.84. The fourth-order valence-electron chi connectivity index (χ4n) is 4.92. The first-order valence-electron chi connectivity index (χ1n) is 11.7. The summed E-state index contributed by atoms with van der Waals surface area (Å²) in [6, 6.07) is 9.13. The van der Waals surface area contributed by atoms with Gasteiger partial charge in [0.2, 0.25) is 0 Å². The van der Waals surface area contributed by atoms with Crippen molar-refractivity contribution in [1.82, 2.24) is 24.8 Å². The lowest BCUT2D eigenvalue weighted by molar-refractivity contribution is 0.122. The minimum Gasteiger partial charge on any atom is -0.378 e. The molecule has 0 bridgehead atoms. The van der Waals surface area contributed by atoms with Crippen molar-refractivity contribution in [3.05, 3.63) is 48.0 Å². The minimum absolute atomic E-state index is 0.330. The zero-order chi connectivity index (χ0) is 22.2. The monoisotopic (exact) mass is 446 g/mol. The van der Waals surface area contributed by atoms with Crippen molar-refractivity contribution in [2.75, 3.05) is 44.3 Å². The maximum Gasteiger partial charge on any atom is 0.165 e. The van der Waals surface area contributed by atoms with Crippen LogP contribution in [0.3, 0.4) is 0 Å². The van der Waals surface area contributed by atoms with E-state index in [1.165, 1.54) is 25.3 Å². The second-order valence-corrected chi connectivity index (χ2v) is 8.84. The van der Waals surface area contributed by atoms with E-state index in [4.69, 9.17) is 19.7 Å². The van der Waals surface area contributed by atoms with Crippen molar-refractivity contribution in [3.8, 4) is 11.4 Å². The molecule has 33 heavy (non-hydrogen) atoms. The van der Waals surface area contributed by atoms with E-state index < -0.39 is 0 Å². The van der Waals surface area contributed by atoms with Gasteiger partial charge >= 0.3 is 0 Å². The maximum absolute atomic E-state index is 15.0. The third-order valence-electron chi connectivity index (χ3n) is 6.63. The number of aromatic nitrogens is 4. The Morgan fingerprint density at radius 3 is 2.61 bits per heavy atom. The fraction of sp³-hybridized carbons (Fsp3) is 0.400. The standard InChI is InChI=1S/C25H27FN6O/c26-19-5-7-20-18(8-9-27-20)22(19)24-29-21-6-4-17(16-31-10-2-1-3-11-31)28-23(21)25(30-24)32-12-14-33-15-13-32/h4-9,27H,1-3,10-16H2. The van der Waals surface area contributed by atoms with Gasteiger partial charge in [0.1, 0.15) is 11.3 Å². The number of hydrogen-bond donors (Lipinski definition) is 1. The van der Waals surface area contributed by atoms with Gasteiger partial charge in [-0.1, -0.05) is 6.42 Å². The summed E-state index contributed by atoms with van der Waals surface area (Å²) in [5.74, 6) is 0.812. The fourth-order valence-corrected chi connectivity index (χ4v) is 4.92. The third-order valence-corrected chi connectivity index (χ3v) is 6.63. The first-order chi connectivity index (χ1) is 16.3. The number of H-pyrrole nitrogens is 1. The molecule has 2 aliphatic rings. The Balaban J connectivity index is 1.48. The summed E-state index contributed by atoms with van der Waals surface area (Å²) >= 11 is 0. The third kappa shape index (κ3) is 3.94. The molecule has 4 aromatic rings. The molecule has 7 nitrogen and oxygen atoms in total. The van der Waals surface area contributed by atoms with Gasteiger partial charge in [0.25, 0.3) is 0 Å². The topological polar surface area (TPSA) is 70.2 Å². The molecule has 2 fully saturated rings. The summed E-state index contributed by atoms with van der Waals surface area (Å²) in [5.41, 5.74) is 3.81. The van der Waals surface area contributed by atoms with Gasteiger partial charge < -0.3 is 14.6 Å². The van der Waals surface area contributed by atoms with Crippen molar-refractivity contribution in [3.63, 3.8) is 0 Å². The Bertz CT molecular complexity index is 1290. The van der Waals surface area contributed by atoms with Crippen LogP contribution < -0.4 is 4.90 Å². The quantitative estimate of drug-likeness (QED) is 0.508. The smallest absolute Gasteiger partial charge is 0.165 e. The highest BCUT2D eigenvalue weighted by Crippen LogP contribution is 2.33. The van der Waals surface area contributed by atoms with E-state index in [-0.39, 0.29) is 5.82 Å². The van der Waals surface area contributed by atoms with Gasteiger partial charge in [-0.15, -0.1) is 0 Å². The molecule has 0 saturated carbocycles. The number of benzene rings is 1. The number of likely N-dealkylation sites (tertiary alicyclic amines) is 1. The van der Waals surface area contributed by atoms with Crippen molar-refractivity contribution in [1.29, 1.82) is 0 Å². The highest BCUT2D eigenvalue weighted by atomic mass is 19.1. The van der Waals surface area contributed by atoms with Crippen LogP contribution in [-0.2, 0) is 11.3 Å². The van der Waals surface area contributed by atoms with Crippen molar-refractivity contribution >= 4 is 27.8 Å². The van der Waals surface area contributed by atoms with E-state index in [1.807, 2.05) is 24.4 Å². The molecule has 170 valence electrons. The van der Waals surface area contributed by atoms with E-state index in [9.17, 15) is 0 Å². The van der Waals surface area contributed by atoms with Crippen molar-refractivity contribution in [2.45, 2.75) is 25.8 Å². The number of piperidine rings is 1. The molecule has 5 heterocycles. The van der Waals surface area contributed by atoms with Gasteiger partial charge in [-0.3, -0.25) is 4.90 Å². The van der Waals surface area contributed by atoms with Gasteiger partial charge in [-0.25, -0.2) is 19.3 Å². The molecule has 0 unspecified atom stereocenters. The van der Waals surface area contributed by atoms with Crippen LogP contribution in [0, 0.1) is 5.82 Å². The summed E-state index contributed by atoms with van der Waals surface area (Å²) in [6.07, 6.45) is 5.61. The van der Waals surface area contributed by atoms with Crippen LogP contribution in [0.2, 0.25) is 0 Å². The molecular formula is C25H27FN6O. The number of halogens is 1. The van der Waals surface area contributed by atoms with Crippen LogP contribution in [0.5, 0.6) is 0 Å². The molecule has 0 radical (unpaired) electrons. The van der Waals surface area contributed by atoms with E-state index in [2.05, 4.69) is 14.8 Å². The van der Waals surface area contributed by atoms with Gasteiger partial charge in [0.05, 0.1) is 30.0 Å². The molecule has 0 spiro atoms. The number of hydrogen-bond acceptors (Lipinski definition) is 6. The highest BCUT2D eigenvalue weighted by molar-refractivity contribution is 5.96. The summed E-state index contributed by atoms with van der Waals surface area (Å²) in [4.78, 5) is 22.5. The maximum atomic E-state index is 15.0. The lowest BCUT2D eigenvalue weighted by atomic mass is 10.1. The van der Waals surface area contributed by atoms with Crippen LogP contribution in [0.4, 0.5) is 10.2 Å². The Morgan fingerprint density at radius 2 is 1.76 bits per heavy atom. The summed E-state index contributed by atoms with van der Waals surface area (Å²) in [6.45, 7) is 5.78. The van der Waals surface area contributed by atoms with Crippen LogP contribution >= 0.6 is 0 Å². The molecule has 1 aromatic carbocycles. The largest absolute Gasteiger partial charge is 0.378 e. The average Bonchev–Trinajstić information content (AvgIpc) is 3.33. The average molecular weight is 447 g/mol. The van der Waals surface area contributed by atoms with E-state index in [1.54, 1.807) is 6.07 Å². The van der Waals surface area contributed by atoms with Gasteiger partial charge in [-0.2, -0.15) is 0 Å². The second kappa shape index (κ2) is 8.68. The molecule has 0 amide bonds. The van der Waals surface area contributed by atoms with Gasteiger partial charge in [-0.05, 0) is 56.3 Å². The molecule has 2 saturated heterocycles. The predicted octanol–water partition coefficient (Wildman–Crippen LogP) is 4.13. The van der Waals surface area contributed by atoms with Crippen LogP contribution in [0.1, 0.15) is 25.0 Å². The molecule has 0 atom stereocenters. The van der Waals surface area contributed by atoms with Gasteiger partial charge in [0.15, 0.2) is 11.6 Å². The van der Waals surface area contributed by atoms with E-state index >= 15 is 4.39 Å². The number of morpholine rings is 1. The van der Waals surface area contributed by atoms with Crippen molar-refractivity contribution in [2.24, 2.45) is 0 Å². The number of aromatic amines is 1. The van der Waals surface area contributed by atoms with Crippen LogP contribution in [0.15, 0.2) is 36.5 Å². The number of ether oxygens (including phenoxy) is 1. The number of nitrogens with one attached hydrogen (secondary N) is 1. The number of rotatable bonds is 4. The Hall–Kier alpha value is -3.10. The zero-order valence-electron chi connectivity index (χ0n) is 18.6. The first-order valence-corrected chi connectivity index (χ1v) is 11.7. The number of anilines is 1. The number of pyridine rings is 1. The SMILES string of the molecule is Fc1ccc2[nH]ccc2c1-c1nc(N2CCOCC2)c2nc(CN3CCCCC3)ccc2n1. The normalized spacial score (nSPS) is 17.8. The minimum atomic E-state index is -0.330. The predicted molar refractivity (Wildman–Crippen MR) is 127 cm³/mol. The molecule has 0 aliphatic carbocycles. The van der Waals surface area contributed by atoms with Gasteiger partial charge in [0, 0.05) is 36.7 Å². The molecule has 3 aromatic heterocycles. The summed E-state index contributed by atoms with van der Waals surface area (Å²) in [5, 5.41) is 0.775. The lowest BCUT2D eigenvalue weighted by Gasteiger charge is -2.29. The van der Waals surface area contributed by atoms with Crippen LogP contribution in [-0.4, -0.2) is 64.2 Å². The van der Waals surface area contributed by atoms with E-state index in [0.717, 1.165) is 66.2 Å². The lowest BCUT2D eigenvalue weighted by Crippen LogP contribution is -2.37. The molecule has 1 N–H and O–H groups in total. The zero-order valence-corrected chi connectivity index (χ0v) is 18.6.